The van der Waals surface area contributed by atoms with E-state index in [9.17, 15) is 10.5 Å². The molecule has 0 amide bonds. The van der Waals surface area contributed by atoms with Crippen LogP contribution in [-0.4, -0.2) is 13.7 Å². The Morgan fingerprint density at radius 2 is 0.721 bits per heavy atom. The van der Waals surface area contributed by atoms with Gasteiger partial charge in [0.05, 0.1) is 55.0 Å². The number of rotatable bonds is 5. The van der Waals surface area contributed by atoms with Crippen molar-refractivity contribution in [2.45, 2.75) is 0 Å². The van der Waals surface area contributed by atoms with E-state index >= 15 is 0 Å². The summed E-state index contributed by atoms with van der Waals surface area (Å²) in [5, 5.41) is 28.1. The van der Waals surface area contributed by atoms with Gasteiger partial charge in [0.2, 0.25) is 0 Å². The van der Waals surface area contributed by atoms with Crippen LogP contribution in [0.15, 0.2) is 217 Å². The maximum Gasteiger partial charge on any atom is 0.145 e. The molecule has 68 heavy (non-hydrogen) atoms. The highest BCUT2D eigenvalue weighted by atomic mass is 16.3. The molecule has 0 saturated carbocycles. The summed E-state index contributed by atoms with van der Waals surface area (Å²) < 4.78 is 14.4. The molecule has 0 atom stereocenters. The second kappa shape index (κ2) is 14.4. The Labute approximate surface area is 389 Å². The zero-order valence-electron chi connectivity index (χ0n) is 36.4. The summed E-state index contributed by atoms with van der Waals surface area (Å²) in [5.74, 6) is 0. The van der Waals surface area contributed by atoms with Crippen molar-refractivity contribution in [1.29, 1.82) is 10.5 Å². The van der Waals surface area contributed by atoms with E-state index in [0.717, 1.165) is 105 Å². The fourth-order valence-corrected chi connectivity index (χ4v) is 10.9. The Morgan fingerprint density at radius 3 is 1.34 bits per heavy atom. The first kappa shape index (κ1) is 37.7. The van der Waals surface area contributed by atoms with E-state index in [-0.39, 0.29) is 0 Å². The number of aromatic nitrogens is 3. The zero-order chi connectivity index (χ0) is 45.0. The van der Waals surface area contributed by atoms with Crippen molar-refractivity contribution >= 4 is 87.4 Å². The van der Waals surface area contributed by atoms with Crippen LogP contribution >= 0.6 is 0 Å². The standard InChI is InChI=1S/C62H35N5O/c63-36-42-20-19-39(33-43(42)37-64)38-21-25-46(26-22-38)67-54-18-10-8-16-50(54)59-57(67)31-27-48-49-28-32-58-60(62(49)68-61(48)59)52-35-41(24-30-56(52)66(58)45-13-5-2-6-14-45)40-23-29-55-51(34-40)47-15-7-9-17-53(47)65(55)44-11-3-1-4-12-44/h1-35H. The molecule has 0 aliphatic heterocycles. The van der Waals surface area contributed by atoms with Crippen LogP contribution in [0.3, 0.4) is 0 Å². The SMILES string of the molecule is N#Cc1ccc(-c2ccc(-n3c4ccccc4c4c5oc6c(ccc7c6c6cc(-c8ccc9c(c8)c8ccccc8n9-c8ccccc8)ccc6n7-c6ccccc6)c5ccc43)cc2)cc1C#N. The van der Waals surface area contributed by atoms with Gasteiger partial charge in [0.25, 0.3) is 0 Å². The normalized spacial score (nSPS) is 11.8. The van der Waals surface area contributed by atoms with Crippen LogP contribution in [0.2, 0.25) is 0 Å². The first-order chi connectivity index (χ1) is 33.6. The summed E-state index contributed by atoms with van der Waals surface area (Å²) in [6, 6.07) is 79.2. The van der Waals surface area contributed by atoms with Crippen LogP contribution in [-0.2, 0) is 0 Å². The van der Waals surface area contributed by atoms with Gasteiger partial charge in [-0.15, -0.1) is 0 Å². The van der Waals surface area contributed by atoms with Crippen molar-refractivity contribution in [3.05, 3.63) is 223 Å². The molecule has 0 saturated heterocycles. The molecular weight excluding hydrogens is 831 g/mol. The number of furan rings is 1. The van der Waals surface area contributed by atoms with E-state index in [2.05, 4.69) is 220 Å². The minimum atomic E-state index is 0.371. The highest BCUT2D eigenvalue weighted by Crippen LogP contribution is 2.46. The lowest BCUT2D eigenvalue weighted by Crippen LogP contribution is -1.94. The molecule has 0 radical (unpaired) electrons. The summed E-state index contributed by atoms with van der Waals surface area (Å²) >= 11 is 0. The van der Waals surface area contributed by atoms with Crippen molar-refractivity contribution in [3.63, 3.8) is 0 Å². The van der Waals surface area contributed by atoms with E-state index in [0.29, 0.717) is 11.1 Å². The van der Waals surface area contributed by atoms with Gasteiger partial charge < -0.3 is 18.1 Å². The van der Waals surface area contributed by atoms with Crippen molar-refractivity contribution < 1.29 is 4.42 Å². The lowest BCUT2D eigenvalue weighted by Gasteiger charge is -2.10. The average Bonchev–Trinajstić information content (AvgIpc) is 4.15. The van der Waals surface area contributed by atoms with Gasteiger partial charge in [-0.2, -0.15) is 10.5 Å². The molecule has 0 spiro atoms. The van der Waals surface area contributed by atoms with Crippen molar-refractivity contribution in [2.24, 2.45) is 0 Å². The predicted molar refractivity (Wildman–Crippen MR) is 277 cm³/mol. The molecule has 10 aromatic carbocycles. The van der Waals surface area contributed by atoms with Gasteiger partial charge in [-0.25, -0.2) is 0 Å². The van der Waals surface area contributed by atoms with Crippen molar-refractivity contribution in [3.8, 4) is 51.5 Å². The van der Waals surface area contributed by atoms with Crippen LogP contribution in [0.5, 0.6) is 0 Å². The number of nitriles is 2. The third-order valence-electron chi connectivity index (χ3n) is 13.9. The molecule has 0 N–H and O–H groups in total. The quantitative estimate of drug-likeness (QED) is 0.173. The Balaban J connectivity index is 0.981. The van der Waals surface area contributed by atoms with E-state index in [1.54, 1.807) is 12.1 Å². The molecule has 0 aliphatic rings. The van der Waals surface area contributed by atoms with Crippen LogP contribution < -0.4 is 0 Å². The zero-order valence-corrected chi connectivity index (χ0v) is 36.4. The summed E-state index contributed by atoms with van der Waals surface area (Å²) in [5.41, 5.74) is 16.5. The molecule has 6 heteroatoms. The molecule has 4 aromatic heterocycles. The summed E-state index contributed by atoms with van der Waals surface area (Å²) in [6.45, 7) is 0. The number of hydrogen-bond donors (Lipinski definition) is 0. The van der Waals surface area contributed by atoms with Gasteiger partial charge in [0.15, 0.2) is 0 Å². The molecular formula is C62H35N5O. The Morgan fingerprint density at radius 1 is 0.294 bits per heavy atom. The summed E-state index contributed by atoms with van der Waals surface area (Å²) in [7, 11) is 0. The van der Waals surface area contributed by atoms with Gasteiger partial charge in [-0.1, -0.05) is 103 Å². The topological polar surface area (TPSA) is 75.5 Å². The second-order valence-corrected chi connectivity index (χ2v) is 17.5. The maximum absolute atomic E-state index is 9.69. The molecule has 0 fully saturated rings. The molecule has 14 rings (SSSR count). The van der Waals surface area contributed by atoms with Gasteiger partial charge in [-0.05, 0) is 131 Å². The van der Waals surface area contributed by atoms with E-state index in [1.165, 1.54) is 21.8 Å². The number of nitrogens with zero attached hydrogens (tertiary/aromatic N) is 5. The maximum atomic E-state index is 9.69. The van der Waals surface area contributed by atoms with Gasteiger partial charge >= 0.3 is 0 Å². The monoisotopic (exact) mass is 865 g/mol. The van der Waals surface area contributed by atoms with Gasteiger partial charge in [0, 0.05) is 49.4 Å². The Kier molecular flexibility index (Phi) is 8.01. The third-order valence-corrected chi connectivity index (χ3v) is 13.9. The summed E-state index contributed by atoms with van der Waals surface area (Å²) in [6.07, 6.45) is 0. The van der Waals surface area contributed by atoms with E-state index < -0.39 is 0 Å². The van der Waals surface area contributed by atoms with Crippen LogP contribution in [0.25, 0.3) is 127 Å². The largest absolute Gasteiger partial charge is 0.455 e. The molecule has 0 bridgehead atoms. The Bertz CT molecular complexity index is 4500. The smallest absolute Gasteiger partial charge is 0.145 e. The second-order valence-electron chi connectivity index (χ2n) is 17.5. The highest BCUT2D eigenvalue weighted by Gasteiger charge is 2.23. The number of benzene rings is 10. The highest BCUT2D eigenvalue weighted by molar-refractivity contribution is 6.29. The van der Waals surface area contributed by atoms with E-state index in [4.69, 9.17) is 4.42 Å². The third kappa shape index (κ3) is 5.37. The first-order valence-corrected chi connectivity index (χ1v) is 22.7. The molecule has 4 heterocycles. The van der Waals surface area contributed by atoms with Crippen LogP contribution in [0.1, 0.15) is 11.1 Å². The first-order valence-electron chi connectivity index (χ1n) is 22.7. The number of hydrogen-bond acceptors (Lipinski definition) is 3. The van der Waals surface area contributed by atoms with Crippen molar-refractivity contribution in [2.75, 3.05) is 0 Å². The Hall–Kier alpha value is -9.62. The fourth-order valence-electron chi connectivity index (χ4n) is 10.9. The van der Waals surface area contributed by atoms with Crippen LogP contribution in [0.4, 0.5) is 0 Å². The molecule has 0 unspecified atom stereocenters. The summed E-state index contributed by atoms with van der Waals surface area (Å²) in [4.78, 5) is 0. The number of para-hydroxylation sites is 4. The van der Waals surface area contributed by atoms with E-state index in [1.807, 2.05) is 6.07 Å². The molecule has 314 valence electrons. The van der Waals surface area contributed by atoms with Crippen molar-refractivity contribution in [1.82, 2.24) is 13.7 Å². The minimum absolute atomic E-state index is 0.371. The fraction of sp³-hybridized carbons (Fsp3) is 0. The minimum Gasteiger partial charge on any atom is -0.455 e. The number of fused-ring (bicyclic) bond motifs is 14. The molecule has 0 aliphatic carbocycles. The molecule has 6 nitrogen and oxygen atoms in total. The van der Waals surface area contributed by atoms with Gasteiger partial charge in [-0.3, -0.25) is 0 Å². The predicted octanol–water partition coefficient (Wildman–Crippen LogP) is 16.0. The average molecular weight is 866 g/mol. The molecule has 14 aromatic rings. The lowest BCUT2D eigenvalue weighted by atomic mass is 10.00. The lowest BCUT2D eigenvalue weighted by molar-refractivity contribution is 0.677. The van der Waals surface area contributed by atoms with Crippen LogP contribution in [0, 0.1) is 22.7 Å². The van der Waals surface area contributed by atoms with Gasteiger partial charge in [0.1, 0.15) is 23.3 Å².